The van der Waals surface area contributed by atoms with Crippen molar-refractivity contribution in [2.75, 3.05) is 27.4 Å². The topological polar surface area (TPSA) is 88.4 Å². The molecule has 152 valence electrons. The predicted octanol–water partition coefficient (Wildman–Crippen LogP) is 1.35. The van der Waals surface area contributed by atoms with Crippen LogP contribution in [0.5, 0.6) is 0 Å². The Kier molecular flexibility index (Phi) is 7.33. The van der Waals surface area contributed by atoms with Crippen molar-refractivity contribution in [3.63, 3.8) is 0 Å². The van der Waals surface area contributed by atoms with Gasteiger partial charge in [-0.25, -0.2) is 0 Å². The first-order chi connectivity index (χ1) is 12.6. The molecule has 0 aromatic heterocycles. The van der Waals surface area contributed by atoms with E-state index in [4.69, 9.17) is 19.3 Å². The molecule has 6 nitrogen and oxygen atoms in total. The van der Waals surface area contributed by atoms with E-state index >= 15 is 0 Å². The lowest BCUT2D eigenvalue weighted by atomic mass is 9.69. The second-order valence-corrected chi connectivity index (χ2v) is 8.47. The third kappa shape index (κ3) is 4.10. The minimum absolute atomic E-state index is 0.00870. The lowest BCUT2D eigenvalue weighted by Gasteiger charge is -2.38. The molecule has 0 aromatic carbocycles. The van der Waals surface area contributed by atoms with Crippen LogP contribution in [0.1, 0.15) is 44.9 Å². The van der Waals surface area contributed by atoms with E-state index in [1.807, 2.05) is 0 Å². The van der Waals surface area contributed by atoms with Crippen molar-refractivity contribution in [1.29, 1.82) is 0 Å². The summed E-state index contributed by atoms with van der Waals surface area (Å²) in [5, 5.41) is 29.4. The van der Waals surface area contributed by atoms with E-state index in [0.29, 0.717) is 17.8 Å². The van der Waals surface area contributed by atoms with Crippen LogP contribution in [-0.2, 0) is 14.2 Å². The van der Waals surface area contributed by atoms with E-state index in [-0.39, 0.29) is 43.5 Å². The summed E-state index contributed by atoms with van der Waals surface area (Å²) in [7, 11) is 3.40. The van der Waals surface area contributed by atoms with Crippen LogP contribution in [-0.4, -0.2) is 73.3 Å². The Labute approximate surface area is 156 Å². The summed E-state index contributed by atoms with van der Waals surface area (Å²) in [6.45, 7) is 0.360. The highest BCUT2D eigenvalue weighted by molar-refractivity contribution is 5.01. The summed E-state index contributed by atoms with van der Waals surface area (Å²) in [4.78, 5) is 0. The van der Waals surface area contributed by atoms with Crippen LogP contribution in [0.3, 0.4) is 0 Å². The number of hydrogen-bond acceptors (Lipinski definition) is 6. The predicted molar refractivity (Wildman–Crippen MR) is 96.7 cm³/mol. The van der Waals surface area contributed by atoms with E-state index in [1.165, 1.54) is 0 Å². The Balaban J connectivity index is 1.72. The zero-order valence-corrected chi connectivity index (χ0v) is 16.1. The van der Waals surface area contributed by atoms with Gasteiger partial charge in [-0.15, -0.1) is 0 Å². The SMILES string of the molecule is COC1CC([C@@H]2OC3C(OC)CC(CCCO)CC3[C@@H]2CO)CCC1O. The quantitative estimate of drug-likeness (QED) is 0.625. The summed E-state index contributed by atoms with van der Waals surface area (Å²) < 4.78 is 17.8. The fraction of sp³-hybridized carbons (Fsp3) is 1.00. The van der Waals surface area contributed by atoms with Gasteiger partial charge in [0.1, 0.15) is 0 Å². The van der Waals surface area contributed by atoms with Gasteiger partial charge in [0, 0.05) is 33.4 Å². The molecule has 0 spiro atoms. The fourth-order valence-electron chi connectivity index (χ4n) is 5.73. The van der Waals surface area contributed by atoms with E-state index in [1.54, 1.807) is 14.2 Å². The van der Waals surface area contributed by atoms with Crippen LogP contribution in [0.15, 0.2) is 0 Å². The average Bonchev–Trinajstić information content (AvgIpc) is 3.04. The fourth-order valence-corrected chi connectivity index (χ4v) is 5.73. The second-order valence-electron chi connectivity index (χ2n) is 8.47. The first kappa shape index (κ1) is 20.5. The van der Waals surface area contributed by atoms with E-state index in [9.17, 15) is 10.2 Å². The molecule has 9 atom stereocenters. The number of methoxy groups -OCH3 is 2. The van der Waals surface area contributed by atoms with Crippen LogP contribution in [0, 0.1) is 23.7 Å². The lowest BCUT2D eigenvalue weighted by Crippen LogP contribution is -2.42. The van der Waals surface area contributed by atoms with Gasteiger partial charge < -0.3 is 29.5 Å². The molecular weight excluding hydrogens is 336 g/mol. The van der Waals surface area contributed by atoms with Gasteiger partial charge in [-0.3, -0.25) is 0 Å². The van der Waals surface area contributed by atoms with Crippen molar-refractivity contribution in [2.45, 2.75) is 75.5 Å². The first-order valence-electron chi connectivity index (χ1n) is 10.2. The van der Waals surface area contributed by atoms with Gasteiger partial charge >= 0.3 is 0 Å². The highest BCUT2D eigenvalue weighted by atomic mass is 16.5. The molecule has 3 fully saturated rings. The standard InChI is InChI=1S/C20H36O6/c1-24-17-10-13(5-6-16(17)23)19-15(11-22)14-8-12(4-3-7-21)9-18(25-2)20(14)26-19/h12-23H,3-11H2,1-2H3/t12?,13?,14?,15-,16?,17?,18?,19-,20?/m0/s1. The van der Waals surface area contributed by atoms with Crippen LogP contribution < -0.4 is 0 Å². The molecule has 1 aliphatic heterocycles. The summed E-state index contributed by atoms with van der Waals surface area (Å²) in [5.74, 6) is 1.25. The maximum atomic E-state index is 10.2. The molecule has 3 N–H and O–H groups in total. The van der Waals surface area contributed by atoms with Gasteiger partial charge in [-0.1, -0.05) is 0 Å². The van der Waals surface area contributed by atoms with Gasteiger partial charge in [0.15, 0.2) is 0 Å². The third-order valence-corrected chi connectivity index (χ3v) is 7.09. The largest absolute Gasteiger partial charge is 0.396 e. The van der Waals surface area contributed by atoms with Gasteiger partial charge in [0.2, 0.25) is 0 Å². The Morgan fingerprint density at radius 2 is 1.73 bits per heavy atom. The summed E-state index contributed by atoms with van der Waals surface area (Å²) >= 11 is 0. The Morgan fingerprint density at radius 1 is 0.962 bits per heavy atom. The Bertz CT molecular complexity index is 433. The normalized spacial score (nSPS) is 46.3. The molecule has 0 aromatic rings. The smallest absolute Gasteiger partial charge is 0.0873 e. The Hall–Kier alpha value is -0.240. The summed E-state index contributed by atoms with van der Waals surface area (Å²) in [5.41, 5.74) is 0. The molecule has 0 amide bonds. The number of fused-ring (bicyclic) bond motifs is 1. The molecule has 0 bridgehead atoms. The van der Waals surface area contributed by atoms with E-state index in [0.717, 1.165) is 44.9 Å². The number of ether oxygens (including phenoxy) is 3. The molecule has 0 radical (unpaired) electrons. The third-order valence-electron chi connectivity index (χ3n) is 7.09. The molecule has 3 aliphatic rings. The average molecular weight is 373 g/mol. The molecule has 1 saturated heterocycles. The van der Waals surface area contributed by atoms with Crippen LogP contribution in [0.25, 0.3) is 0 Å². The molecule has 6 heteroatoms. The molecule has 2 saturated carbocycles. The van der Waals surface area contributed by atoms with Crippen molar-refractivity contribution < 1.29 is 29.5 Å². The Morgan fingerprint density at radius 3 is 2.38 bits per heavy atom. The van der Waals surface area contributed by atoms with E-state index in [2.05, 4.69) is 0 Å². The lowest BCUT2D eigenvalue weighted by molar-refractivity contribution is -0.119. The highest BCUT2D eigenvalue weighted by Gasteiger charge is 2.53. The molecule has 1 heterocycles. The molecule has 2 aliphatic carbocycles. The number of rotatable bonds is 7. The summed E-state index contributed by atoms with van der Waals surface area (Å²) in [6, 6.07) is 0. The van der Waals surface area contributed by atoms with Gasteiger partial charge in [0.25, 0.3) is 0 Å². The van der Waals surface area contributed by atoms with Crippen molar-refractivity contribution >= 4 is 0 Å². The van der Waals surface area contributed by atoms with Gasteiger partial charge in [0.05, 0.1) is 30.5 Å². The molecule has 26 heavy (non-hydrogen) atoms. The first-order valence-corrected chi connectivity index (χ1v) is 10.2. The van der Waals surface area contributed by atoms with Crippen LogP contribution in [0.4, 0.5) is 0 Å². The van der Waals surface area contributed by atoms with Crippen molar-refractivity contribution in [3.8, 4) is 0 Å². The van der Waals surface area contributed by atoms with Crippen LogP contribution in [0.2, 0.25) is 0 Å². The maximum Gasteiger partial charge on any atom is 0.0873 e. The molecular formula is C20H36O6. The second kappa shape index (κ2) is 9.30. The van der Waals surface area contributed by atoms with Crippen molar-refractivity contribution in [1.82, 2.24) is 0 Å². The zero-order chi connectivity index (χ0) is 18.7. The number of hydrogen-bond donors (Lipinski definition) is 3. The number of aliphatic hydroxyl groups excluding tert-OH is 3. The monoisotopic (exact) mass is 372 g/mol. The molecule has 3 rings (SSSR count). The van der Waals surface area contributed by atoms with Gasteiger partial charge in [-0.05, 0) is 62.7 Å². The number of aliphatic hydroxyl groups is 3. The zero-order valence-electron chi connectivity index (χ0n) is 16.1. The summed E-state index contributed by atoms with van der Waals surface area (Å²) in [6.07, 6.45) is 5.81. The van der Waals surface area contributed by atoms with Crippen molar-refractivity contribution in [2.24, 2.45) is 23.7 Å². The highest BCUT2D eigenvalue weighted by Crippen LogP contribution is 2.49. The van der Waals surface area contributed by atoms with E-state index < -0.39 is 6.10 Å². The van der Waals surface area contributed by atoms with Crippen LogP contribution >= 0.6 is 0 Å². The molecule has 7 unspecified atom stereocenters. The van der Waals surface area contributed by atoms with Crippen molar-refractivity contribution in [3.05, 3.63) is 0 Å². The minimum atomic E-state index is -0.401. The minimum Gasteiger partial charge on any atom is -0.396 e. The van der Waals surface area contributed by atoms with Gasteiger partial charge in [-0.2, -0.15) is 0 Å². The maximum absolute atomic E-state index is 10.2.